The Kier molecular flexibility index (Phi) is 10.2. The number of rotatable bonds is 14. The standard InChI is InChI=1S/C22H35NO4Si2/c1-24-28(25-2,21-13-7-5-8-14-21)19-11-17-23-18-12-20-29(26-3,27-4)22-15-9-6-10-16-22/h5-10,13-16,23H,11-12,17-20H2,1-4H3. The van der Waals surface area contributed by atoms with Crippen LogP contribution in [0.2, 0.25) is 12.1 Å². The lowest BCUT2D eigenvalue weighted by Gasteiger charge is -2.28. The largest absolute Gasteiger partial charge is 0.394 e. The van der Waals surface area contributed by atoms with Crippen LogP contribution in [-0.4, -0.2) is 58.7 Å². The van der Waals surface area contributed by atoms with Crippen LogP contribution >= 0.6 is 0 Å². The molecule has 0 radical (unpaired) electrons. The van der Waals surface area contributed by atoms with Crippen molar-refractivity contribution in [3.63, 3.8) is 0 Å². The molecule has 2 rings (SSSR count). The van der Waals surface area contributed by atoms with Gasteiger partial charge in [-0.2, -0.15) is 0 Å². The highest BCUT2D eigenvalue weighted by Gasteiger charge is 2.38. The second-order valence-corrected chi connectivity index (χ2v) is 13.8. The predicted molar refractivity (Wildman–Crippen MR) is 123 cm³/mol. The summed E-state index contributed by atoms with van der Waals surface area (Å²) in [5, 5.41) is 5.92. The highest BCUT2D eigenvalue weighted by molar-refractivity contribution is 6.81. The average molecular weight is 434 g/mol. The molecule has 7 heteroatoms. The molecule has 0 fully saturated rings. The highest BCUT2D eigenvalue weighted by Crippen LogP contribution is 2.16. The van der Waals surface area contributed by atoms with Crippen molar-refractivity contribution in [2.24, 2.45) is 0 Å². The van der Waals surface area contributed by atoms with E-state index in [4.69, 9.17) is 17.7 Å². The van der Waals surface area contributed by atoms with Crippen molar-refractivity contribution < 1.29 is 17.7 Å². The number of hydrogen-bond donors (Lipinski definition) is 1. The van der Waals surface area contributed by atoms with E-state index >= 15 is 0 Å². The van der Waals surface area contributed by atoms with Crippen LogP contribution in [0.25, 0.3) is 0 Å². The van der Waals surface area contributed by atoms with Gasteiger partial charge in [0.2, 0.25) is 0 Å². The van der Waals surface area contributed by atoms with Crippen LogP contribution in [-0.2, 0) is 17.7 Å². The first-order valence-electron chi connectivity index (χ1n) is 10.2. The number of nitrogens with one attached hydrogen (secondary N) is 1. The Balaban J connectivity index is 1.77. The van der Waals surface area contributed by atoms with Crippen LogP contribution in [0.1, 0.15) is 12.8 Å². The molecule has 0 amide bonds. The van der Waals surface area contributed by atoms with Gasteiger partial charge in [0.05, 0.1) is 0 Å². The fraction of sp³-hybridized carbons (Fsp3) is 0.455. The maximum Gasteiger partial charge on any atom is 0.372 e. The lowest BCUT2D eigenvalue weighted by molar-refractivity contribution is 0.255. The van der Waals surface area contributed by atoms with Gasteiger partial charge in [0, 0.05) is 28.4 Å². The van der Waals surface area contributed by atoms with Gasteiger partial charge in [-0.25, -0.2) is 0 Å². The van der Waals surface area contributed by atoms with Crippen molar-refractivity contribution in [3.8, 4) is 0 Å². The van der Waals surface area contributed by atoms with Gasteiger partial charge in [-0.3, -0.25) is 0 Å². The van der Waals surface area contributed by atoms with E-state index in [9.17, 15) is 0 Å². The molecular formula is C22H35NO4Si2. The van der Waals surface area contributed by atoms with Crippen LogP contribution in [0.5, 0.6) is 0 Å². The Hall–Kier alpha value is -1.33. The Labute approximate surface area is 177 Å². The van der Waals surface area contributed by atoms with Crippen molar-refractivity contribution in [2.75, 3.05) is 41.5 Å². The molecule has 0 unspecified atom stereocenters. The van der Waals surface area contributed by atoms with E-state index < -0.39 is 17.1 Å². The summed E-state index contributed by atoms with van der Waals surface area (Å²) in [6.45, 7) is 1.88. The Morgan fingerprint density at radius 3 is 1.24 bits per heavy atom. The van der Waals surface area contributed by atoms with E-state index in [1.54, 1.807) is 28.4 Å². The number of benzene rings is 2. The van der Waals surface area contributed by atoms with Crippen molar-refractivity contribution in [3.05, 3.63) is 60.7 Å². The minimum absolute atomic E-state index is 0.926. The molecule has 0 heterocycles. The van der Waals surface area contributed by atoms with Gasteiger partial charge >= 0.3 is 17.1 Å². The molecule has 0 aromatic heterocycles. The van der Waals surface area contributed by atoms with Crippen LogP contribution < -0.4 is 15.7 Å². The predicted octanol–water partition coefficient (Wildman–Crippen LogP) is 2.64. The lowest BCUT2D eigenvalue weighted by atomic mass is 10.4. The molecule has 2 aromatic rings. The van der Waals surface area contributed by atoms with E-state index in [1.165, 1.54) is 10.4 Å². The Morgan fingerprint density at radius 1 is 0.586 bits per heavy atom. The van der Waals surface area contributed by atoms with Crippen LogP contribution in [0.3, 0.4) is 0 Å². The molecule has 0 aliphatic rings. The molecule has 1 N–H and O–H groups in total. The van der Waals surface area contributed by atoms with Crippen LogP contribution in [0.15, 0.2) is 60.7 Å². The Morgan fingerprint density at radius 2 is 0.931 bits per heavy atom. The smallest absolute Gasteiger partial charge is 0.372 e. The first-order valence-corrected chi connectivity index (χ1v) is 14.2. The van der Waals surface area contributed by atoms with Crippen molar-refractivity contribution >= 4 is 27.5 Å². The molecule has 29 heavy (non-hydrogen) atoms. The van der Waals surface area contributed by atoms with E-state index in [0.717, 1.165) is 38.0 Å². The van der Waals surface area contributed by atoms with Gasteiger partial charge in [0.25, 0.3) is 0 Å². The van der Waals surface area contributed by atoms with Crippen molar-refractivity contribution in [2.45, 2.75) is 24.9 Å². The number of hydrogen-bond acceptors (Lipinski definition) is 5. The maximum absolute atomic E-state index is 5.89. The van der Waals surface area contributed by atoms with Crippen LogP contribution in [0.4, 0.5) is 0 Å². The summed E-state index contributed by atoms with van der Waals surface area (Å²) in [5.74, 6) is 0. The van der Waals surface area contributed by atoms with Crippen molar-refractivity contribution in [1.29, 1.82) is 0 Å². The molecule has 5 nitrogen and oxygen atoms in total. The van der Waals surface area contributed by atoms with Gasteiger partial charge in [0.15, 0.2) is 0 Å². The van der Waals surface area contributed by atoms with Gasteiger partial charge in [-0.15, -0.1) is 0 Å². The quantitative estimate of drug-likeness (QED) is 0.367. The zero-order chi connectivity index (χ0) is 21.0. The molecule has 160 valence electrons. The van der Waals surface area contributed by atoms with Gasteiger partial charge < -0.3 is 23.0 Å². The maximum atomic E-state index is 5.89. The minimum atomic E-state index is -2.35. The summed E-state index contributed by atoms with van der Waals surface area (Å²) in [6, 6.07) is 22.5. The molecular weight excluding hydrogens is 398 g/mol. The van der Waals surface area contributed by atoms with Gasteiger partial charge in [0.1, 0.15) is 0 Å². The summed E-state index contributed by atoms with van der Waals surface area (Å²) >= 11 is 0. The molecule has 0 saturated heterocycles. The monoisotopic (exact) mass is 433 g/mol. The molecule has 0 saturated carbocycles. The second-order valence-electron chi connectivity index (χ2n) is 7.01. The second kappa shape index (κ2) is 12.4. The molecule has 0 atom stereocenters. The van der Waals surface area contributed by atoms with Crippen molar-refractivity contribution in [1.82, 2.24) is 5.32 Å². The molecule has 0 spiro atoms. The zero-order valence-electron chi connectivity index (χ0n) is 18.1. The van der Waals surface area contributed by atoms with E-state index in [0.29, 0.717) is 0 Å². The van der Waals surface area contributed by atoms with E-state index in [1.807, 2.05) is 36.4 Å². The molecule has 0 bridgehead atoms. The van der Waals surface area contributed by atoms with E-state index in [2.05, 4.69) is 29.6 Å². The van der Waals surface area contributed by atoms with Gasteiger partial charge in [-0.1, -0.05) is 60.7 Å². The first kappa shape index (κ1) is 23.9. The fourth-order valence-corrected chi connectivity index (χ4v) is 9.09. The summed E-state index contributed by atoms with van der Waals surface area (Å²) < 4.78 is 23.5. The third kappa shape index (κ3) is 6.32. The summed E-state index contributed by atoms with van der Waals surface area (Å²) in [7, 11) is 2.36. The third-order valence-electron chi connectivity index (χ3n) is 5.47. The molecule has 0 aliphatic heterocycles. The zero-order valence-corrected chi connectivity index (χ0v) is 20.1. The highest BCUT2D eigenvalue weighted by atomic mass is 28.4. The normalized spacial score (nSPS) is 12.3. The average Bonchev–Trinajstić information content (AvgIpc) is 2.80. The molecule has 0 aliphatic carbocycles. The fourth-order valence-electron chi connectivity index (χ4n) is 3.74. The first-order chi connectivity index (χ1) is 14.2. The Bertz CT molecular complexity index is 620. The SMILES string of the molecule is CO[Si](CCCNCCC[Si](OC)(OC)c1ccccc1)(OC)c1ccccc1. The van der Waals surface area contributed by atoms with Gasteiger partial charge in [-0.05, 0) is 48.4 Å². The van der Waals surface area contributed by atoms with Crippen LogP contribution in [0, 0.1) is 0 Å². The third-order valence-corrected chi connectivity index (χ3v) is 12.6. The minimum Gasteiger partial charge on any atom is -0.394 e. The summed E-state index contributed by atoms with van der Waals surface area (Å²) in [6.07, 6.45) is 2.03. The van der Waals surface area contributed by atoms with E-state index in [-0.39, 0.29) is 0 Å². The summed E-state index contributed by atoms with van der Waals surface area (Å²) in [4.78, 5) is 0. The summed E-state index contributed by atoms with van der Waals surface area (Å²) in [5.41, 5.74) is 0. The molecule has 2 aromatic carbocycles. The lowest BCUT2D eigenvalue weighted by Crippen LogP contribution is -2.52. The topological polar surface area (TPSA) is 49.0 Å².